The normalized spacial score (nSPS) is 12.8. The quantitative estimate of drug-likeness (QED) is 0.369. The second kappa shape index (κ2) is 8.76. The maximum Gasteiger partial charge on any atom is 0.275 e. The lowest BCUT2D eigenvalue weighted by Gasteiger charge is -2.24. The molecule has 4 aromatic carbocycles. The Balaban J connectivity index is 1.73. The van der Waals surface area contributed by atoms with E-state index in [2.05, 4.69) is 0 Å². The number of sulfonamides is 1. The highest BCUT2D eigenvalue weighted by Crippen LogP contribution is 2.41. The van der Waals surface area contributed by atoms with Crippen LogP contribution in [0.3, 0.4) is 0 Å². The van der Waals surface area contributed by atoms with Gasteiger partial charge in [-0.3, -0.25) is 9.59 Å². The Hall–Kier alpha value is -4.24. The number of rotatable bonds is 6. The van der Waals surface area contributed by atoms with E-state index in [9.17, 15) is 22.4 Å². The highest BCUT2D eigenvalue weighted by Gasteiger charge is 2.36. The Morgan fingerprint density at radius 3 is 2.39 bits per heavy atom. The molecule has 0 radical (unpaired) electrons. The zero-order valence-electron chi connectivity index (χ0n) is 19.4. The van der Waals surface area contributed by atoms with E-state index in [0.717, 1.165) is 6.07 Å². The number of carbonyl (C=O) groups excluding carboxylic acids is 2. The van der Waals surface area contributed by atoms with Gasteiger partial charge in [-0.05, 0) is 61.5 Å². The van der Waals surface area contributed by atoms with Gasteiger partial charge in [0.15, 0.2) is 0 Å². The Bertz CT molecular complexity index is 1630. The van der Waals surface area contributed by atoms with Gasteiger partial charge in [0.1, 0.15) is 11.6 Å². The molecule has 0 aliphatic carbocycles. The number of halogens is 1. The predicted octanol–water partition coefficient (Wildman–Crippen LogP) is 5.00. The first kappa shape index (κ1) is 23.5. The number of nitrogens with zero attached hydrogens (tertiary/aromatic N) is 2. The Labute approximate surface area is 207 Å². The van der Waals surface area contributed by atoms with Gasteiger partial charge in [-0.25, -0.2) is 12.8 Å². The Morgan fingerprint density at radius 2 is 1.69 bits per heavy atom. The van der Waals surface area contributed by atoms with E-state index in [1.807, 2.05) is 6.92 Å². The molecule has 1 aliphatic rings. The first-order valence-corrected chi connectivity index (χ1v) is 12.6. The minimum Gasteiger partial charge on any atom is -0.494 e. The minimum absolute atomic E-state index is 0.0168. The number of amides is 2. The molecule has 0 aromatic heterocycles. The summed E-state index contributed by atoms with van der Waals surface area (Å²) in [7, 11) is -2.95. The lowest BCUT2D eigenvalue weighted by Crippen LogP contribution is -2.37. The first-order chi connectivity index (χ1) is 17.3. The second-order valence-electron chi connectivity index (χ2n) is 8.16. The molecule has 0 bridgehead atoms. The van der Waals surface area contributed by atoms with E-state index in [1.54, 1.807) is 25.2 Å². The molecule has 0 fully saturated rings. The molecule has 7 nitrogen and oxygen atoms in total. The summed E-state index contributed by atoms with van der Waals surface area (Å²) in [6, 6.07) is 18.8. The third kappa shape index (κ3) is 3.59. The molecular formula is C27H21FN2O5S. The van der Waals surface area contributed by atoms with Crippen molar-refractivity contribution >= 4 is 44.0 Å². The van der Waals surface area contributed by atoms with Crippen molar-refractivity contribution in [1.29, 1.82) is 0 Å². The van der Waals surface area contributed by atoms with Gasteiger partial charge in [-0.15, -0.1) is 0 Å². The monoisotopic (exact) mass is 504 g/mol. The minimum atomic E-state index is -4.56. The van der Waals surface area contributed by atoms with Crippen LogP contribution in [0.1, 0.15) is 27.6 Å². The standard InChI is InChI=1S/C27H21FN2O5S/c1-3-35-18-13-11-17(12-14-18)30(27(32)19-7-4-5-10-22(19)28)36(33,34)24-16-15-23-25-20(24)8-6-9-21(25)26(31)29(23)2/h4-16H,3H2,1-2H3. The summed E-state index contributed by atoms with van der Waals surface area (Å²) in [4.78, 5) is 27.5. The lowest BCUT2D eigenvalue weighted by molar-refractivity contribution is 0.0992. The summed E-state index contributed by atoms with van der Waals surface area (Å²) in [5.74, 6) is -1.66. The number of carbonyl (C=O) groups is 2. The molecule has 1 heterocycles. The average Bonchev–Trinajstić information content (AvgIpc) is 3.12. The lowest BCUT2D eigenvalue weighted by atomic mass is 10.1. The van der Waals surface area contributed by atoms with Crippen LogP contribution in [0.25, 0.3) is 10.8 Å². The van der Waals surface area contributed by atoms with Crippen molar-refractivity contribution in [2.24, 2.45) is 0 Å². The fraction of sp³-hybridized carbons (Fsp3) is 0.111. The Kier molecular flexibility index (Phi) is 5.72. The Morgan fingerprint density at radius 1 is 0.972 bits per heavy atom. The molecule has 4 aromatic rings. The van der Waals surface area contributed by atoms with Crippen molar-refractivity contribution in [3.63, 3.8) is 0 Å². The van der Waals surface area contributed by atoms with Gasteiger partial charge in [0.2, 0.25) is 0 Å². The number of hydrogen-bond donors (Lipinski definition) is 0. The first-order valence-electron chi connectivity index (χ1n) is 11.2. The largest absolute Gasteiger partial charge is 0.494 e. The molecule has 5 rings (SSSR count). The average molecular weight is 505 g/mol. The predicted molar refractivity (Wildman–Crippen MR) is 135 cm³/mol. The van der Waals surface area contributed by atoms with E-state index < -0.39 is 27.3 Å². The molecule has 0 unspecified atom stereocenters. The van der Waals surface area contributed by atoms with Crippen LogP contribution >= 0.6 is 0 Å². The molecule has 0 saturated carbocycles. The number of benzene rings is 4. The van der Waals surface area contributed by atoms with E-state index in [4.69, 9.17) is 4.74 Å². The molecule has 2 amide bonds. The number of hydrogen-bond acceptors (Lipinski definition) is 5. The van der Waals surface area contributed by atoms with Gasteiger partial charge in [-0.1, -0.05) is 24.3 Å². The van der Waals surface area contributed by atoms with Crippen LogP contribution in [0.15, 0.2) is 83.8 Å². The van der Waals surface area contributed by atoms with Crippen molar-refractivity contribution in [1.82, 2.24) is 0 Å². The van der Waals surface area contributed by atoms with Crippen molar-refractivity contribution in [2.75, 3.05) is 22.9 Å². The van der Waals surface area contributed by atoms with Gasteiger partial charge in [-0.2, -0.15) is 4.31 Å². The fourth-order valence-electron chi connectivity index (χ4n) is 4.39. The van der Waals surface area contributed by atoms with Crippen molar-refractivity contribution in [3.8, 4) is 5.75 Å². The summed E-state index contributed by atoms with van der Waals surface area (Å²) >= 11 is 0. The summed E-state index contributed by atoms with van der Waals surface area (Å²) in [6.07, 6.45) is 0. The van der Waals surface area contributed by atoms with E-state index in [0.29, 0.717) is 38.7 Å². The zero-order valence-corrected chi connectivity index (χ0v) is 20.3. The van der Waals surface area contributed by atoms with Gasteiger partial charge in [0.25, 0.3) is 21.8 Å². The SMILES string of the molecule is CCOc1ccc(N(C(=O)c2ccccc2F)S(=O)(=O)c2ccc3c4c(cccc24)C(=O)N3C)cc1. The third-order valence-corrected chi connectivity index (χ3v) is 7.83. The van der Waals surface area contributed by atoms with Gasteiger partial charge in [0, 0.05) is 23.4 Å². The fourth-order valence-corrected chi connectivity index (χ4v) is 5.99. The van der Waals surface area contributed by atoms with Crippen molar-refractivity contribution < 1.29 is 27.1 Å². The van der Waals surface area contributed by atoms with Gasteiger partial charge in [0.05, 0.1) is 28.4 Å². The van der Waals surface area contributed by atoms with E-state index in [-0.39, 0.29) is 16.5 Å². The summed E-state index contributed by atoms with van der Waals surface area (Å²) in [5, 5.41) is 0.774. The second-order valence-corrected chi connectivity index (χ2v) is 9.91. The molecule has 0 N–H and O–H groups in total. The molecular weight excluding hydrogens is 483 g/mol. The number of anilines is 2. The molecule has 9 heteroatoms. The summed E-state index contributed by atoms with van der Waals surface area (Å²) in [6.45, 7) is 2.22. The highest BCUT2D eigenvalue weighted by molar-refractivity contribution is 7.93. The topological polar surface area (TPSA) is 84.0 Å². The molecule has 36 heavy (non-hydrogen) atoms. The van der Waals surface area contributed by atoms with Gasteiger partial charge < -0.3 is 9.64 Å². The van der Waals surface area contributed by atoms with Crippen LogP contribution in [-0.4, -0.2) is 33.9 Å². The summed E-state index contributed by atoms with van der Waals surface area (Å²) < 4.78 is 48.9. The molecule has 182 valence electrons. The molecule has 0 saturated heterocycles. The van der Waals surface area contributed by atoms with E-state index >= 15 is 0 Å². The van der Waals surface area contributed by atoms with Gasteiger partial charge >= 0.3 is 0 Å². The molecule has 1 aliphatic heterocycles. The molecule has 0 atom stereocenters. The highest BCUT2D eigenvalue weighted by atomic mass is 32.2. The molecule has 0 spiro atoms. The summed E-state index contributed by atoms with van der Waals surface area (Å²) in [5.41, 5.74) is 0.562. The maximum absolute atomic E-state index is 14.6. The van der Waals surface area contributed by atoms with Crippen LogP contribution in [-0.2, 0) is 10.0 Å². The van der Waals surface area contributed by atoms with Crippen LogP contribution in [0, 0.1) is 5.82 Å². The number of ether oxygens (including phenoxy) is 1. The van der Waals surface area contributed by atoms with Crippen LogP contribution in [0.2, 0.25) is 0 Å². The third-order valence-electron chi connectivity index (χ3n) is 6.06. The smallest absolute Gasteiger partial charge is 0.275 e. The zero-order chi connectivity index (χ0) is 25.6. The van der Waals surface area contributed by atoms with E-state index in [1.165, 1.54) is 59.5 Å². The van der Waals surface area contributed by atoms with Crippen molar-refractivity contribution in [3.05, 3.63) is 95.8 Å². The van der Waals surface area contributed by atoms with Crippen LogP contribution in [0.4, 0.5) is 15.8 Å². The maximum atomic E-state index is 14.6. The van der Waals surface area contributed by atoms with Crippen LogP contribution in [0.5, 0.6) is 5.75 Å². The van der Waals surface area contributed by atoms with Crippen molar-refractivity contribution in [2.45, 2.75) is 11.8 Å². The van der Waals surface area contributed by atoms with Crippen LogP contribution < -0.4 is 13.9 Å².